The van der Waals surface area contributed by atoms with Gasteiger partial charge in [0.05, 0.1) is 6.42 Å². The molecule has 3 aromatic rings. The molecule has 6 nitrogen and oxygen atoms in total. The first-order valence-corrected chi connectivity index (χ1v) is 10.1. The third-order valence-electron chi connectivity index (χ3n) is 5.00. The topological polar surface area (TPSA) is 70.2 Å². The van der Waals surface area contributed by atoms with Gasteiger partial charge in [0.25, 0.3) is 0 Å². The maximum Gasteiger partial charge on any atom is 0.228 e. The number of anilines is 4. The zero-order valence-corrected chi connectivity index (χ0v) is 16.9. The molecule has 0 saturated carbocycles. The smallest absolute Gasteiger partial charge is 0.228 e. The van der Waals surface area contributed by atoms with Crippen LogP contribution in [-0.2, 0) is 11.2 Å². The number of carbonyl (C=O) groups is 1. The number of nitrogens with zero attached hydrogens (tertiary/aromatic N) is 3. The number of aromatic nitrogens is 2. The molecule has 0 radical (unpaired) electrons. The highest BCUT2D eigenvalue weighted by atomic mass is 19.1. The Balaban J connectivity index is 1.39. The minimum atomic E-state index is -0.374. The summed E-state index contributed by atoms with van der Waals surface area (Å²) >= 11 is 0. The highest BCUT2D eigenvalue weighted by molar-refractivity contribution is 5.92. The van der Waals surface area contributed by atoms with E-state index in [-0.39, 0.29) is 18.1 Å². The molecule has 2 N–H and O–H groups in total. The number of nitrogens with one attached hydrogen (secondary N) is 2. The number of rotatable bonds is 6. The Hall–Kier alpha value is -3.48. The Morgan fingerprint density at radius 1 is 1.03 bits per heavy atom. The molecule has 1 amide bonds. The van der Waals surface area contributed by atoms with Crippen LogP contribution >= 0.6 is 0 Å². The van der Waals surface area contributed by atoms with E-state index < -0.39 is 0 Å². The number of hydrogen-bond acceptors (Lipinski definition) is 5. The molecule has 30 heavy (non-hydrogen) atoms. The monoisotopic (exact) mass is 405 g/mol. The van der Waals surface area contributed by atoms with Crippen molar-refractivity contribution < 1.29 is 9.18 Å². The van der Waals surface area contributed by atoms with Crippen LogP contribution in [0.3, 0.4) is 0 Å². The van der Waals surface area contributed by atoms with Gasteiger partial charge in [-0.3, -0.25) is 4.79 Å². The fourth-order valence-corrected chi connectivity index (χ4v) is 3.53. The summed E-state index contributed by atoms with van der Waals surface area (Å²) in [7, 11) is 0. The average molecular weight is 405 g/mol. The molecular weight excluding hydrogens is 381 g/mol. The zero-order chi connectivity index (χ0) is 20.9. The molecule has 0 aliphatic carbocycles. The number of benzene rings is 2. The molecule has 1 aromatic heterocycles. The quantitative estimate of drug-likeness (QED) is 0.634. The third kappa shape index (κ3) is 4.92. The molecule has 0 unspecified atom stereocenters. The normalized spacial score (nSPS) is 13.3. The Bertz CT molecular complexity index is 1030. The second kappa shape index (κ2) is 8.90. The van der Waals surface area contributed by atoms with Crippen LogP contribution in [0.4, 0.5) is 27.4 Å². The van der Waals surface area contributed by atoms with Crippen molar-refractivity contribution in [2.75, 3.05) is 28.6 Å². The lowest BCUT2D eigenvalue weighted by molar-refractivity contribution is -0.115. The molecule has 2 heterocycles. The van der Waals surface area contributed by atoms with Crippen LogP contribution in [0.5, 0.6) is 0 Å². The second-order valence-electron chi connectivity index (χ2n) is 7.37. The Morgan fingerprint density at radius 2 is 1.73 bits per heavy atom. The molecule has 1 fully saturated rings. The summed E-state index contributed by atoms with van der Waals surface area (Å²) in [6.45, 7) is 3.94. The lowest BCUT2D eigenvalue weighted by Gasteiger charge is -2.18. The molecule has 1 aliphatic rings. The van der Waals surface area contributed by atoms with Crippen molar-refractivity contribution in [1.82, 2.24) is 9.97 Å². The number of carbonyl (C=O) groups excluding carboxylic acids is 1. The maximum absolute atomic E-state index is 13.7. The minimum Gasteiger partial charge on any atom is -0.356 e. The average Bonchev–Trinajstić information content (AvgIpc) is 3.26. The summed E-state index contributed by atoms with van der Waals surface area (Å²) in [5.74, 6) is 1.77. The molecule has 7 heteroatoms. The van der Waals surface area contributed by atoms with Crippen LogP contribution in [0.15, 0.2) is 54.6 Å². The summed E-state index contributed by atoms with van der Waals surface area (Å²) in [6.07, 6.45) is 2.37. The molecule has 154 valence electrons. The Labute approximate surface area is 175 Å². The fraction of sp³-hybridized carbons (Fsp3) is 0.261. The number of hydrogen-bond donors (Lipinski definition) is 2. The number of halogens is 1. The van der Waals surface area contributed by atoms with E-state index in [0.717, 1.165) is 36.2 Å². The standard InChI is InChI=1S/C23H24FN5O/c1-16-25-21(15-22(26-16)29-12-4-5-13-29)27-18-8-10-19(11-9-18)28-23(30)14-17-6-2-3-7-20(17)24/h2-3,6-11,15H,4-5,12-14H2,1H3,(H,28,30)(H,25,26,27). The lowest BCUT2D eigenvalue weighted by atomic mass is 10.1. The van der Waals surface area contributed by atoms with Gasteiger partial charge in [-0.15, -0.1) is 0 Å². The van der Waals surface area contributed by atoms with Gasteiger partial charge in [-0.25, -0.2) is 14.4 Å². The summed E-state index contributed by atoms with van der Waals surface area (Å²) in [5, 5.41) is 6.09. The molecule has 4 rings (SSSR count). The van der Waals surface area contributed by atoms with Gasteiger partial charge in [0, 0.05) is 30.5 Å². The van der Waals surface area contributed by atoms with Crippen LogP contribution in [0.2, 0.25) is 0 Å². The molecule has 1 saturated heterocycles. The van der Waals surface area contributed by atoms with E-state index in [2.05, 4.69) is 25.5 Å². The van der Waals surface area contributed by atoms with Gasteiger partial charge in [0.1, 0.15) is 23.3 Å². The lowest BCUT2D eigenvalue weighted by Crippen LogP contribution is -2.19. The Morgan fingerprint density at radius 3 is 2.47 bits per heavy atom. The van der Waals surface area contributed by atoms with Gasteiger partial charge in [-0.05, 0) is 55.7 Å². The highest BCUT2D eigenvalue weighted by Crippen LogP contribution is 2.23. The van der Waals surface area contributed by atoms with Crippen molar-refractivity contribution in [2.45, 2.75) is 26.2 Å². The van der Waals surface area contributed by atoms with Crippen LogP contribution in [0.25, 0.3) is 0 Å². The SMILES string of the molecule is Cc1nc(Nc2ccc(NC(=O)Cc3ccccc3F)cc2)cc(N2CCCC2)n1. The van der Waals surface area contributed by atoms with Crippen LogP contribution in [0, 0.1) is 12.7 Å². The van der Waals surface area contributed by atoms with Crippen molar-refractivity contribution >= 4 is 28.9 Å². The van der Waals surface area contributed by atoms with Crippen molar-refractivity contribution in [2.24, 2.45) is 0 Å². The van der Waals surface area contributed by atoms with E-state index in [9.17, 15) is 9.18 Å². The van der Waals surface area contributed by atoms with Crippen molar-refractivity contribution in [3.8, 4) is 0 Å². The van der Waals surface area contributed by atoms with Gasteiger partial charge >= 0.3 is 0 Å². The molecular formula is C23H24FN5O. The van der Waals surface area contributed by atoms with E-state index in [0.29, 0.717) is 11.3 Å². The van der Waals surface area contributed by atoms with Gasteiger partial charge in [0.15, 0.2) is 0 Å². The first kappa shape index (κ1) is 19.8. The van der Waals surface area contributed by atoms with Crippen molar-refractivity contribution in [3.05, 3.63) is 71.8 Å². The summed E-state index contributed by atoms with van der Waals surface area (Å²) in [5.41, 5.74) is 1.88. The number of aryl methyl sites for hydroxylation is 1. The van der Waals surface area contributed by atoms with Crippen LogP contribution in [0.1, 0.15) is 24.2 Å². The van der Waals surface area contributed by atoms with Gasteiger partial charge in [-0.2, -0.15) is 0 Å². The predicted octanol–water partition coefficient (Wildman–Crippen LogP) is 4.45. The molecule has 0 atom stereocenters. The summed E-state index contributed by atoms with van der Waals surface area (Å²) in [6, 6.07) is 15.6. The molecule has 0 bridgehead atoms. The van der Waals surface area contributed by atoms with Gasteiger partial charge in [-0.1, -0.05) is 18.2 Å². The van der Waals surface area contributed by atoms with Crippen LogP contribution in [-0.4, -0.2) is 29.0 Å². The van der Waals surface area contributed by atoms with Crippen molar-refractivity contribution in [3.63, 3.8) is 0 Å². The minimum absolute atomic E-state index is 0.00777. The van der Waals surface area contributed by atoms with E-state index in [1.165, 1.54) is 18.9 Å². The molecule has 0 spiro atoms. The van der Waals surface area contributed by atoms with Crippen molar-refractivity contribution in [1.29, 1.82) is 0 Å². The third-order valence-corrected chi connectivity index (χ3v) is 5.00. The van der Waals surface area contributed by atoms with Crippen LogP contribution < -0.4 is 15.5 Å². The number of amides is 1. The second-order valence-corrected chi connectivity index (χ2v) is 7.37. The predicted molar refractivity (Wildman–Crippen MR) is 117 cm³/mol. The first-order chi connectivity index (χ1) is 14.6. The van der Waals surface area contributed by atoms with E-state index in [1.54, 1.807) is 30.3 Å². The first-order valence-electron chi connectivity index (χ1n) is 10.1. The Kier molecular flexibility index (Phi) is 5.88. The summed E-state index contributed by atoms with van der Waals surface area (Å²) in [4.78, 5) is 23.5. The maximum atomic E-state index is 13.7. The largest absolute Gasteiger partial charge is 0.356 e. The van der Waals surface area contributed by atoms with E-state index >= 15 is 0 Å². The summed E-state index contributed by atoms with van der Waals surface area (Å²) < 4.78 is 13.7. The van der Waals surface area contributed by atoms with E-state index in [1.807, 2.05) is 25.1 Å². The molecule has 1 aliphatic heterocycles. The fourth-order valence-electron chi connectivity index (χ4n) is 3.53. The van der Waals surface area contributed by atoms with Gasteiger partial charge < -0.3 is 15.5 Å². The van der Waals surface area contributed by atoms with Gasteiger partial charge in [0.2, 0.25) is 5.91 Å². The van der Waals surface area contributed by atoms with E-state index in [4.69, 9.17) is 0 Å². The highest BCUT2D eigenvalue weighted by Gasteiger charge is 2.15. The molecule has 2 aromatic carbocycles. The zero-order valence-electron chi connectivity index (χ0n) is 16.9.